The Bertz CT molecular complexity index is 605. The Morgan fingerprint density at radius 1 is 1.16 bits per heavy atom. The minimum Gasteiger partial charge on any atom is -0.398 e. The van der Waals surface area contributed by atoms with Crippen LogP contribution >= 0.6 is 0 Å². The van der Waals surface area contributed by atoms with Crippen molar-refractivity contribution in [1.29, 1.82) is 0 Å². The van der Waals surface area contributed by atoms with Crippen LogP contribution in [-0.4, -0.2) is 12.3 Å². The van der Waals surface area contributed by atoms with Gasteiger partial charge < -0.3 is 11.1 Å². The number of carbonyl (C=O) groups is 1. The number of Topliss-reactive ketones (excluding diaryl/α,β-unsaturated/α-hetero) is 1. The SMILES string of the molecule is Cc1cccc(NCC(=O)c2ccc(C)c(N)c2)c1. The monoisotopic (exact) mass is 254 g/mol. The van der Waals surface area contributed by atoms with Crippen LogP contribution in [0.1, 0.15) is 21.5 Å². The highest BCUT2D eigenvalue weighted by Crippen LogP contribution is 2.14. The van der Waals surface area contributed by atoms with E-state index in [2.05, 4.69) is 5.32 Å². The molecule has 98 valence electrons. The predicted molar refractivity (Wildman–Crippen MR) is 79.6 cm³/mol. The van der Waals surface area contributed by atoms with Gasteiger partial charge in [-0.05, 0) is 43.2 Å². The lowest BCUT2D eigenvalue weighted by molar-refractivity contribution is 0.101. The van der Waals surface area contributed by atoms with Gasteiger partial charge in [0.1, 0.15) is 0 Å². The van der Waals surface area contributed by atoms with Gasteiger partial charge in [0.05, 0.1) is 6.54 Å². The normalized spacial score (nSPS) is 10.2. The second-order valence-electron chi connectivity index (χ2n) is 4.72. The molecule has 0 unspecified atom stereocenters. The van der Waals surface area contributed by atoms with Crippen LogP contribution in [-0.2, 0) is 0 Å². The Labute approximate surface area is 113 Å². The average Bonchev–Trinajstić information content (AvgIpc) is 2.39. The molecule has 0 saturated carbocycles. The molecule has 0 saturated heterocycles. The lowest BCUT2D eigenvalue weighted by Gasteiger charge is -2.08. The summed E-state index contributed by atoms with van der Waals surface area (Å²) in [6.45, 7) is 4.22. The summed E-state index contributed by atoms with van der Waals surface area (Å²) < 4.78 is 0. The van der Waals surface area contributed by atoms with Crippen molar-refractivity contribution in [2.24, 2.45) is 0 Å². The molecule has 0 atom stereocenters. The molecule has 0 fully saturated rings. The first kappa shape index (κ1) is 13.1. The quantitative estimate of drug-likeness (QED) is 0.651. The van der Waals surface area contributed by atoms with Gasteiger partial charge in [0.25, 0.3) is 0 Å². The van der Waals surface area contributed by atoms with Crippen molar-refractivity contribution in [3.8, 4) is 0 Å². The highest BCUT2D eigenvalue weighted by atomic mass is 16.1. The molecular weight excluding hydrogens is 236 g/mol. The van der Waals surface area contributed by atoms with Gasteiger partial charge in [-0.2, -0.15) is 0 Å². The van der Waals surface area contributed by atoms with Crippen molar-refractivity contribution in [3.05, 3.63) is 59.2 Å². The van der Waals surface area contributed by atoms with E-state index in [0.29, 0.717) is 11.3 Å². The summed E-state index contributed by atoms with van der Waals surface area (Å²) >= 11 is 0. The summed E-state index contributed by atoms with van der Waals surface area (Å²) in [5, 5.41) is 3.13. The maximum Gasteiger partial charge on any atom is 0.181 e. The van der Waals surface area contributed by atoms with Crippen molar-refractivity contribution >= 4 is 17.2 Å². The van der Waals surface area contributed by atoms with Gasteiger partial charge in [0.15, 0.2) is 5.78 Å². The summed E-state index contributed by atoms with van der Waals surface area (Å²) in [6.07, 6.45) is 0. The second kappa shape index (κ2) is 5.57. The fourth-order valence-corrected chi connectivity index (χ4v) is 1.85. The highest BCUT2D eigenvalue weighted by Gasteiger charge is 2.07. The molecule has 0 bridgehead atoms. The molecule has 19 heavy (non-hydrogen) atoms. The standard InChI is InChI=1S/C16H18N2O/c1-11-4-3-5-14(8-11)18-10-16(19)13-7-6-12(2)15(17)9-13/h3-9,18H,10,17H2,1-2H3. The molecule has 0 heterocycles. The van der Waals surface area contributed by atoms with E-state index in [1.165, 1.54) is 0 Å². The molecule has 3 nitrogen and oxygen atoms in total. The molecule has 2 aromatic rings. The lowest BCUT2D eigenvalue weighted by Crippen LogP contribution is -2.14. The molecule has 2 aromatic carbocycles. The minimum absolute atomic E-state index is 0.0354. The molecule has 0 amide bonds. The van der Waals surface area contributed by atoms with Gasteiger partial charge in [-0.25, -0.2) is 0 Å². The molecule has 0 aliphatic heterocycles. The smallest absolute Gasteiger partial charge is 0.181 e. The molecular formula is C16H18N2O. The van der Waals surface area contributed by atoms with E-state index >= 15 is 0 Å². The number of hydrogen-bond acceptors (Lipinski definition) is 3. The van der Waals surface area contributed by atoms with Crippen molar-refractivity contribution in [2.45, 2.75) is 13.8 Å². The molecule has 0 aliphatic rings. The fourth-order valence-electron chi connectivity index (χ4n) is 1.85. The van der Waals surface area contributed by atoms with Crippen LogP contribution in [0.4, 0.5) is 11.4 Å². The largest absolute Gasteiger partial charge is 0.398 e. The Morgan fingerprint density at radius 3 is 2.63 bits per heavy atom. The van der Waals surface area contributed by atoms with Crippen LogP contribution in [0.25, 0.3) is 0 Å². The van der Waals surface area contributed by atoms with Crippen LogP contribution in [0.3, 0.4) is 0 Å². The summed E-state index contributed by atoms with van der Waals surface area (Å²) in [7, 11) is 0. The first-order chi connectivity index (χ1) is 9.06. The summed E-state index contributed by atoms with van der Waals surface area (Å²) in [6, 6.07) is 13.4. The Hall–Kier alpha value is -2.29. The van der Waals surface area contributed by atoms with E-state index in [-0.39, 0.29) is 12.3 Å². The topological polar surface area (TPSA) is 55.1 Å². The number of nitrogen functional groups attached to an aromatic ring is 1. The predicted octanol–water partition coefficient (Wildman–Crippen LogP) is 3.18. The first-order valence-electron chi connectivity index (χ1n) is 6.26. The zero-order valence-electron chi connectivity index (χ0n) is 11.2. The van der Waals surface area contributed by atoms with E-state index in [1.807, 2.05) is 50.2 Å². The first-order valence-corrected chi connectivity index (χ1v) is 6.26. The van der Waals surface area contributed by atoms with E-state index < -0.39 is 0 Å². The van der Waals surface area contributed by atoms with Gasteiger partial charge >= 0.3 is 0 Å². The van der Waals surface area contributed by atoms with Crippen molar-refractivity contribution < 1.29 is 4.79 Å². The number of aryl methyl sites for hydroxylation is 2. The number of nitrogens with two attached hydrogens (primary N) is 1. The third-order valence-electron chi connectivity index (χ3n) is 3.07. The Kier molecular flexibility index (Phi) is 3.85. The van der Waals surface area contributed by atoms with E-state index in [0.717, 1.165) is 16.8 Å². The number of ketones is 1. The fraction of sp³-hybridized carbons (Fsp3) is 0.188. The van der Waals surface area contributed by atoms with Crippen LogP contribution in [0.5, 0.6) is 0 Å². The summed E-state index contributed by atoms with van der Waals surface area (Å²) in [4.78, 5) is 12.0. The minimum atomic E-state index is 0.0354. The number of rotatable bonds is 4. The second-order valence-corrected chi connectivity index (χ2v) is 4.72. The molecule has 0 aliphatic carbocycles. The summed E-state index contributed by atoms with van der Waals surface area (Å²) in [5.41, 5.74) is 10.2. The van der Waals surface area contributed by atoms with Gasteiger partial charge in [0.2, 0.25) is 0 Å². The number of hydrogen-bond donors (Lipinski definition) is 2. The highest BCUT2D eigenvalue weighted by molar-refractivity contribution is 5.99. The maximum atomic E-state index is 12.0. The molecule has 0 radical (unpaired) electrons. The molecule has 3 N–H and O–H groups in total. The van der Waals surface area contributed by atoms with Gasteiger partial charge in [-0.3, -0.25) is 4.79 Å². The maximum absolute atomic E-state index is 12.0. The zero-order valence-corrected chi connectivity index (χ0v) is 11.2. The van der Waals surface area contributed by atoms with Crippen LogP contribution in [0.15, 0.2) is 42.5 Å². The lowest BCUT2D eigenvalue weighted by atomic mass is 10.1. The Balaban J connectivity index is 2.03. The van der Waals surface area contributed by atoms with Crippen molar-refractivity contribution in [2.75, 3.05) is 17.6 Å². The van der Waals surface area contributed by atoms with Crippen LogP contribution < -0.4 is 11.1 Å². The zero-order chi connectivity index (χ0) is 13.8. The molecule has 0 spiro atoms. The number of carbonyl (C=O) groups excluding carboxylic acids is 1. The van der Waals surface area contributed by atoms with Gasteiger partial charge in [-0.15, -0.1) is 0 Å². The van der Waals surface area contributed by atoms with Crippen LogP contribution in [0, 0.1) is 13.8 Å². The van der Waals surface area contributed by atoms with Crippen LogP contribution in [0.2, 0.25) is 0 Å². The third kappa shape index (κ3) is 3.35. The van der Waals surface area contributed by atoms with Gasteiger partial charge in [0, 0.05) is 16.9 Å². The number of anilines is 2. The summed E-state index contributed by atoms with van der Waals surface area (Å²) in [5.74, 6) is 0.0354. The number of benzene rings is 2. The van der Waals surface area contributed by atoms with Crippen molar-refractivity contribution in [1.82, 2.24) is 0 Å². The third-order valence-corrected chi connectivity index (χ3v) is 3.07. The van der Waals surface area contributed by atoms with E-state index in [9.17, 15) is 4.79 Å². The Morgan fingerprint density at radius 2 is 1.95 bits per heavy atom. The molecule has 0 aromatic heterocycles. The number of nitrogens with one attached hydrogen (secondary N) is 1. The molecule has 2 rings (SSSR count). The van der Waals surface area contributed by atoms with E-state index in [4.69, 9.17) is 5.73 Å². The molecule has 3 heteroatoms. The van der Waals surface area contributed by atoms with E-state index in [1.54, 1.807) is 6.07 Å². The average molecular weight is 254 g/mol. The van der Waals surface area contributed by atoms with Crippen molar-refractivity contribution in [3.63, 3.8) is 0 Å². The van der Waals surface area contributed by atoms with Gasteiger partial charge in [-0.1, -0.05) is 24.3 Å².